The number of benzene rings is 2. The van der Waals surface area contributed by atoms with Gasteiger partial charge in [-0.05, 0) is 35.9 Å². The summed E-state index contributed by atoms with van der Waals surface area (Å²) in [6.45, 7) is -0.478. The fraction of sp³-hybridized carbons (Fsp3) is 0.125. The number of rotatable bonds is 5. The molecule has 2 aromatic carbocycles. The van der Waals surface area contributed by atoms with E-state index in [1.54, 1.807) is 18.2 Å². The summed E-state index contributed by atoms with van der Waals surface area (Å²) in [7, 11) is 0. The molecule has 120 valence electrons. The molecule has 0 radical (unpaired) electrons. The summed E-state index contributed by atoms with van der Waals surface area (Å²) >= 11 is 15.3. The van der Waals surface area contributed by atoms with Crippen molar-refractivity contribution in [2.24, 2.45) is 0 Å². The summed E-state index contributed by atoms with van der Waals surface area (Å²) in [5.74, 6) is -1.49. The zero-order chi connectivity index (χ0) is 17.0. The molecule has 0 fully saturated rings. The average molecular weight is 417 g/mol. The molecule has 0 saturated heterocycles. The molecule has 0 aliphatic carbocycles. The van der Waals surface area contributed by atoms with E-state index in [1.165, 1.54) is 12.1 Å². The van der Waals surface area contributed by atoms with Gasteiger partial charge in [-0.25, -0.2) is 0 Å². The minimum atomic E-state index is -1.13. The van der Waals surface area contributed by atoms with E-state index < -0.39 is 12.5 Å². The molecule has 0 aromatic heterocycles. The molecule has 0 atom stereocenters. The lowest BCUT2D eigenvalue weighted by Crippen LogP contribution is -2.37. The van der Waals surface area contributed by atoms with Crippen LogP contribution in [0.5, 0.6) is 0 Å². The number of amides is 1. The zero-order valence-corrected chi connectivity index (χ0v) is 14.9. The summed E-state index contributed by atoms with van der Waals surface area (Å²) in [5, 5.41) is 9.71. The first-order valence-electron chi connectivity index (χ1n) is 6.58. The Hall–Kier alpha value is -1.56. The largest absolute Gasteiger partial charge is 0.480 e. The fourth-order valence-corrected chi connectivity index (χ4v) is 3.02. The van der Waals surface area contributed by atoms with Crippen LogP contribution in [0.2, 0.25) is 10.0 Å². The molecule has 0 aliphatic rings. The number of carboxylic acid groups (broad SMARTS) is 1. The Bertz CT molecular complexity index is 752. The highest BCUT2D eigenvalue weighted by atomic mass is 79.9. The van der Waals surface area contributed by atoms with Crippen LogP contribution >= 0.6 is 39.1 Å². The van der Waals surface area contributed by atoms with Crippen LogP contribution in [0.1, 0.15) is 5.56 Å². The standard InChI is InChI=1S/C16H12BrCl2NO3/c17-11-3-1-2-10(6-11)7-15(21)20(9-16(22)23)14-5-4-12(18)8-13(14)19/h1-6,8H,7,9H2,(H,22,23). The van der Waals surface area contributed by atoms with Gasteiger partial charge in [-0.2, -0.15) is 0 Å². The van der Waals surface area contributed by atoms with E-state index in [1.807, 2.05) is 12.1 Å². The molecule has 2 aromatic rings. The summed E-state index contributed by atoms with van der Waals surface area (Å²) in [6.07, 6.45) is 0.0612. The lowest BCUT2D eigenvalue weighted by atomic mass is 10.1. The number of hydrogen-bond acceptors (Lipinski definition) is 2. The number of carbonyl (C=O) groups is 2. The maximum atomic E-state index is 12.6. The first kappa shape index (κ1) is 17.8. The molecule has 1 amide bonds. The van der Waals surface area contributed by atoms with Crippen LogP contribution < -0.4 is 4.90 Å². The van der Waals surface area contributed by atoms with Crippen molar-refractivity contribution in [2.75, 3.05) is 11.4 Å². The second-order valence-corrected chi connectivity index (χ2v) is 6.54. The summed E-state index contributed by atoms with van der Waals surface area (Å²) in [6, 6.07) is 11.8. The quantitative estimate of drug-likeness (QED) is 0.784. The minimum absolute atomic E-state index is 0.0612. The first-order valence-corrected chi connectivity index (χ1v) is 8.13. The van der Waals surface area contributed by atoms with E-state index in [0.29, 0.717) is 10.7 Å². The van der Waals surface area contributed by atoms with Gasteiger partial charge in [-0.1, -0.05) is 51.3 Å². The SMILES string of the molecule is O=C(O)CN(C(=O)Cc1cccc(Br)c1)c1ccc(Cl)cc1Cl. The number of aliphatic carboxylic acids is 1. The van der Waals surface area contributed by atoms with Crippen LogP contribution in [0, 0.1) is 0 Å². The predicted octanol–water partition coefficient (Wildman–Crippen LogP) is 4.42. The monoisotopic (exact) mass is 415 g/mol. The van der Waals surface area contributed by atoms with Crippen LogP contribution in [-0.4, -0.2) is 23.5 Å². The Kier molecular flexibility index (Phi) is 6.04. The molecule has 0 unspecified atom stereocenters. The van der Waals surface area contributed by atoms with Crippen LogP contribution in [0.25, 0.3) is 0 Å². The van der Waals surface area contributed by atoms with E-state index in [-0.39, 0.29) is 17.4 Å². The van der Waals surface area contributed by atoms with Gasteiger partial charge in [0.15, 0.2) is 0 Å². The highest BCUT2D eigenvalue weighted by Gasteiger charge is 2.21. The van der Waals surface area contributed by atoms with Crippen molar-refractivity contribution < 1.29 is 14.7 Å². The molecule has 0 saturated carbocycles. The van der Waals surface area contributed by atoms with E-state index >= 15 is 0 Å². The van der Waals surface area contributed by atoms with E-state index in [9.17, 15) is 9.59 Å². The van der Waals surface area contributed by atoms with Gasteiger partial charge in [0.05, 0.1) is 17.1 Å². The van der Waals surface area contributed by atoms with Gasteiger partial charge in [0.1, 0.15) is 6.54 Å². The van der Waals surface area contributed by atoms with Gasteiger partial charge in [0.25, 0.3) is 0 Å². The maximum Gasteiger partial charge on any atom is 0.323 e. The molecule has 0 heterocycles. The Morgan fingerprint density at radius 2 is 1.87 bits per heavy atom. The van der Waals surface area contributed by atoms with Gasteiger partial charge < -0.3 is 5.11 Å². The molecule has 7 heteroatoms. The smallest absolute Gasteiger partial charge is 0.323 e. The molecule has 0 spiro atoms. The minimum Gasteiger partial charge on any atom is -0.480 e. The van der Waals surface area contributed by atoms with Crippen molar-refractivity contribution in [1.82, 2.24) is 0 Å². The Morgan fingerprint density at radius 3 is 2.48 bits per heavy atom. The van der Waals surface area contributed by atoms with Crippen molar-refractivity contribution in [3.8, 4) is 0 Å². The van der Waals surface area contributed by atoms with Crippen molar-refractivity contribution >= 4 is 56.7 Å². The van der Waals surface area contributed by atoms with E-state index in [2.05, 4.69) is 15.9 Å². The molecule has 1 N–H and O–H groups in total. The van der Waals surface area contributed by atoms with E-state index in [4.69, 9.17) is 28.3 Å². The van der Waals surface area contributed by atoms with Crippen LogP contribution in [0.3, 0.4) is 0 Å². The second-order valence-electron chi connectivity index (χ2n) is 4.78. The van der Waals surface area contributed by atoms with Crippen LogP contribution in [0.4, 0.5) is 5.69 Å². The fourth-order valence-electron chi connectivity index (χ4n) is 2.06. The van der Waals surface area contributed by atoms with Gasteiger partial charge >= 0.3 is 5.97 Å². The molecule has 0 aliphatic heterocycles. The summed E-state index contributed by atoms with van der Waals surface area (Å²) in [5.41, 5.74) is 1.09. The Labute approximate surface area is 151 Å². The zero-order valence-electron chi connectivity index (χ0n) is 11.8. The van der Waals surface area contributed by atoms with Crippen molar-refractivity contribution in [1.29, 1.82) is 0 Å². The predicted molar refractivity (Wildman–Crippen MR) is 94.3 cm³/mol. The lowest BCUT2D eigenvalue weighted by Gasteiger charge is -2.22. The van der Waals surface area contributed by atoms with Gasteiger partial charge in [0, 0.05) is 9.50 Å². The highest BCUT2D eigenvalue weighted by Crippen LogP contribution is 2.29. The molecular formula is C16H12BrCl2NO3. The lowest BCUT2D eigenvalue weighted by molar-refractivity contribution is -0.136. The molecular weight excluding hydrogens is 405 g/mol. The normalized spacial score (nSPS) is 10.4. The number of carbonyl (C=O) groups excluding carboxylic acids is 1. The van der Waals surface area contributed by atoms with Crippen molar-refractivity contribution in [2.45, 2.75) is 6.42 Å². The third-order valence-corrected chi connectivity index (χ3v) is 4.07. The van der Waals surface area contributed by atoms with Gasteiger partial charge in [-0.3, -0.25) is 14.5 Å². The highest BCUT2D eigenvalue weighted by molar-refractivity contribution is 9.10. The topological polar surface area (TPSA) is 57.6 Å². The van der Waals surface area contributed by atoms with Gasteiger partial charge in [-0.15, -0.1) is 0 Å². The summed E-state index contributed by atoms with van der Waals surface area (Å²) in [4.78, 5) is 24.8. The van der Waals surface area contributed by atoms with Crippen molar-refractivity contribution in [3.05, 3.63) is 62.5 Å². The first-order chi connectivity index (χ1) is 10.9. The number of nitrogens with zero attached hydrogens (tertiary/aromatic N) is 1. The number of carboxylic acids is 1. The molecule has 23 heavy (non-hydrogen) atoms. The molecule has 0 bridgehead atoms. The third-order valence-electron chi connectivity index (χ3n) is 3.04. The number of hydrogen-bond donors (Lipinski definition) is 1. The van der Waals surface area contributed by atoms with Crippen molar-refractivity contribution in [3.63, 3.8) is 0 Å². The van der Waals surface area contributed by atoms with Gasteiger partial charge in [0.2, 0.25) is 5.91 Å². The average Bonchev–Trinajstić information content (AvgIpc) is 2.45. The number of anilines is 1. The number of halogens is 3. The molecule has 4 nitrogen and oxygen atoms in total. The maximum absolute atomic E-state index is 12.6. The second kappa shape index (κ2) is 7.81. The van der Waals surface area contributed by atoms with E-state index in [0.717, 1.165) is 14.9 Å². The van der Waals surface area contributed by atoms with Crippen LogP contribution in [-0.2, 0) is 16.0 Å². The van der Waals surface area contributed by atoms with Crippen LogP contribution in [0.15, 0.2) is 46.9 Å². The molecule has 2 rings (SSSR count). The Morgan fingerprint density at radius 1 is 1.13 bits per heavy atom. The Balaban J connectivity index is 2.30. The summed E-state index contributed by atoms with van der Waals surface area (Å²) < 4.78 is 0.845. The third kappa shape index (κ3) is 4.96.